The monoisotopic (exact) mass is 383 g/mol. The molecule has 1 aliphatic rings. The zero-order valence-corrected chi connectivity index (χ0v) is 14.9. The first-order chi connectivity index (χ1) is 13.5. The summed E-state index contributed by atoms with van der Waals surface area (Å²) in [5.74, 6) is -0.289. The van der Waals surface area contributed by atoms with Crippen LogP contribution in [0.25, 0.3) is 10.9 Å². The fourth-order valence-corrected chi connectivity index (χ4v) is 3.61. The number of nitro benzene ring substituents is 1. The molecule has 28 heavy (non-hydrogen) atoms. The number of H-pyrrole nitrogens is 1. The highest BCUT2D eigenvalue weighted by molar-refractivity contribution is 5.86. The molecule has 2 aromatic carbocycles. The predicted octanol–water partition coefficient (Wildman–Crippen LogP) is 3.05. The number of piperidine rings is 1. The van der Waals surface area contributed by atoms with Crippen molar-refractivity contribution in [3.05, 3.63) is 69.0 Å². The summed E-state index contributed by atoms with van der Waals surface area (Å²) in [7, 11) is 0. The lowest BCUT2D eigenvalue weighted by Crippen LogP contribution is -2.42. The summed E-state index contributed by atoms with van der Waals surface area (Å²) in [6, 6.07) is 9.23. The molecule has 0 bridgehead atoms. The lowest BCUT2D eigenvalue weighted by molar-refractivity contribution is -0.383. The van der Waals surface area contributed by atoms with Crippen LogP contribution in [0.15, 0.2) is 47.5 Å². The predicted molar refractivity (Wildman–Crippen MR) is 104 cm³/mol. The van der Waals surface area contributed by atoms with Gasteiger partial charge < -0.3 is 15.2 Å². The van der Waals surface area contributed by atoms with Gasteiger partial charge >= 0.3 is 0 Å². The van der Waals surface area contributed by atoms with E-state index in [1.165, 1.54) is 24.5 Å². The van der Waals surface area contributed by atoms with Gasteiger partial charge in [-0.25, -0.2) is 9.37 Å². The van der Waals surface area contributed by atoms with Crippen molar-refractivity contribution in [2.75, 3.05) is 23.3 Å². The number of nitrogens with zero attached hydrogens (tertiary/aromatic N) is 3. The topological polar surface area (TPSA) is 104 Å². The van der Waals surface area contributed by atoms with Crippen LogP contribution < -0.4 is 15.8 Å². The number of aromatic amines is 1. The molecule has 2 N–H and O–H groups in total. The molecule has 1 atom stereocenters. The second kappa shape index (κ2) is 7.26. The van der Waals surface area contributed by atoms with Crippen molar-refractivity contribution >= 4 is 28.0 Å². The van der Waals surface area contributed by atoms with Gasteiger partial charge in [0.1, 0.15) is 11.5 Å². The van der Waals surface area contributed by atoms with Crippen molar-refractivity contribution in [2.45, 2.75) is 18.9 Å². The molecule has 8 nitrogen and oxygen atoms in total. The van der Waals surface area contributed by atoms with Crippen LogP contribution in [0, 0.1) is 15.9 Å². The fourth-order valence-electron chi connectivity index (χ4n) is 3.61. The van der Waals surface area contributed by atoms with E-state index in [0.29, 0.717) is 23.4 Å². The van der Waals surface area contributed by atoms with Gasteiger partial charge in [-0.15, -0.1) is 0 Å². The molecule has 0 amide bonds. The van der Waals surface area contributed by atoms with E-state index in [4.69, 9.17) is 0 Å². The van der Waals surface area contributed by atoms with Crippen molar-refractivity contribution in [1.29, 1.82) is 0 Å². The average Bonchev–Trinajstić information content (AvgIpc) is 2.68. The number of hydrogen-bond acceptors (Lipinski definition) is 6. The van der Waals surface area contributed by atoms with Crippen LogP contribution in [0.3, 0.4) is 0 Å². The van der Waals surface area contributed by atoms with Gasteiger partial charge in [-0.3, -0.25) is 14.9 Å². The van der Waals surface area contributed by atoms with E-state index in [1.54, 1.807) is 18.2 Å². The number of aromatic nitrogens is 2. The van der Waals surface area contributed by atoms with Crippen molar-refractivity contribution in [2.24, 2.45) is 0 Å². The normalized spacial score (nSPS) is 16.9. The molecule has 3 aromatic rings. The maximum Gasteiger partial charge on any atom is 0.293 e. The van der Waals surface area contributed by atoms with E-state index in [9.17, 15) is 19.3 Å². The van der Waals surface area contributed by atoms with Gasteiger partial charge in [0, 0.05) is 25.2 Å². The van der Waals surface area contributed by atoms with Crippen LogP contribution in [-0.4, -0.2) is 34.0 Å². The van der Waals surface area contributed by atoms with Crippen LogP contribution >= 0.6 is 0 Å². The number of halogens is 1. The van der Waals surface area contributed by atoms with Crippen molar-refractivity contribution in [1.82, 2.24) is 9.97 Å². The fraction of sp³-hybridized carbons (Fsp3) is 0.263. The van der Waals surface area contributed by atoms with Gasteiger partial charge in [-0.1, -0.05) is 12.1 Å². The number of nitro groups is 1. The van der Waals surface area contributed by atoms with Gasteiger partial charge in [0.15, 0.2) is 0 Å². The molecule has 1 saturated heterocycles. The number of anilines is 2. The summed E-state index contributed by atoms with van der Waals surface area (Å²) in [6.45, 7) is 1.23. The van der Waals surface area contributed by atoms with Crippen molar-refractivity contribution < 1.29 is 9.31 Å². The first-order valence-corrected chi connectivity index (χ1v) is 8.95. The lowest BCUT2D eigenvalue weighted by atomic mass is 10.0. The van der Waals surface area contributed by atoms with E-state index in [2.05, 4.69) is 15.3 Å². The molecule has 0 aliphatic carbocycles. The standard InChI is InChI=1S/C19H18FN5O3/c20-14-5-1-2-6-17(14)24-7-3-4-12(10-24)23-16-9-15-13(8-18(16)25(27)28)19(26)22-11-21-15/h1-2,5-6,8-9,11-12,23H,3-4,7,10H2,(H,21,22,26). The summed E-state index contributed by atoms with van der Waals surface area (Å²) in [4.78, 5) is 31.4. The number of hydrogen-bond donors (Lipinski definition) is 2. The minimum atomic E-state index is -0.522. The molecule has 0 radical (unpaired) electrons. The lowest BCUT2D eigenvalue weighted by Gasteiger charge is -2.35. The van der Waals surface area contributed by atoms with Crippen LogP contribution in [0.5, 0.6) is 0 Å². The Morgan fingerprint density at radius 1 is 1.32 bits per heavy atom. The van der Waals surface area contributed by atoms with Gasteiger partial charge in [-0.2, -0.15) is 0 Å². The third-order valence-corrected chi connectivity index (χ3v) is 4.93. The van der Waals surface area contributed by atoms with E-state index >= 15 is 0 Å². The highest BCUT2D eigenvalue weighted by Gasteiger charge is 2.25. The van der Waals surface area contributed by atoms with Gasteiger partial charge in [-0.05, 0) is 31.0 Å². The quantitative estimate of drug-likeness (QED) is 0.530. The van der Waals surface area contributed by atoms with Crippen molar-refractivity contribution in [3.63, 3.8) is 0 Å². The molecule has 1 aromatic heterocycles. The molecule has 0 spiro atoms. The number of rotatable bonds is 4. The molecular weight excluding hydrogens is 365 g/mol. The van der Waals surface area contributed by atoms with E-state index in [1.807, 2.05) is 4.90 Å². The SMILES string of the molecule is O=c1[nH]cnc2cc(NC3CCCN(c4ccccc4F)C3)c([N+](=O)[O-])cc12. The number of fused-ring (bicyclic) bond motifs is 1. The molecule has 4 rings (SSSR count). The van der Waals surface area contributed by atoms with Crippen LogP contribution in [0.4, 0.5) is 21.5 Å². The maximum absolute atomic E-state index is 14.1. The highest BCUT2D eigenvalue weighted by atomic mass is 19.1. The third kappa shape index (κ3) is 3.38. The Morgan fingerprint density at radius 2 is 2.14 bits per heavy atom. The first-order valence-electron chi connectivity index (χ1n) is 8.95. The van der Waals surface area contributed by atoms with Crippen LogP contribution in [0.1, 0.15) is 12.8 Å². The molecule has 1 unspecified atom stereocenters. The molecule has 144 valence electrons. The Balaban J connectivity index is 1.64. The largest absolute Gasteiger partial charge is 0.375 e. The Bertz CT molecular complexity index is 1100. The molecular formula is C19H18FN5O3. The molecule has 1 aliphatic heterocycles. The molecule has 2 heterocycles. The number of nitrogens with one attached hydrogen (secondary N) is 2. The minimum absolute atomic E-state index is 0.105. The average molecular weight is 383 g/mol. The van der Waals surface area contributed by atoms with Crippen LogP contribution in [0.2, 0.25) is 0 Å². The Kier molecular flexibility index (Phi) is 4.64. The van der Waals surface area contributed by atoms with Crippen molar-refractivity contribution in [3.8, 4) is 0 Å². The molecule has 1 fully saturated rings. The second-order valence-corrected chi connectivity index (χ2v) is 6.76. The smallest absolute Gasteiger partial charge is 0.293 e. The Hall–Kier alpha value is -3.49. The van der Waals surface area contributed by atoms with E-state index < -0.39 is 10.5 Å². The Labute approximate surface area is 159 Å². The number of para-hydroxylation sites is 1. The van der Waals surface area contributed by atoms with Crippen LogP contribution in [-0.2, 0) is 0 Å². The summed E-state index contributed by atoms with van der Waals surface area (Å²) < 4.78 is 14.1. The van der Waals surface area contributed by atoms with Gasteiger partial charge in [0.25, 0.3) is 11.2 Å². The summed E-state index contributed by atoms with van der Waals surface area (Å²) >= 11 is 0. The second-order valence-electron chi connectivity index (χ2n) is 6.76. The zero-order chi connectivity index (χ0) is 19.7. The molecule has 0 saturated carbocycles. The van der Waals surface area contributed by atoms with E-state index in [0.717, 1.165) is 19.4 Å². The summed E-state index contributed by atoms with van der Waals surface area (Å²) in [5, 5.41) is 14.9. The summed E-state index contributed by atoms with van der Waals surface area (Å²) in [5.41, 5.74) is 0.585. The summed E-state index contributed by atoms with van der Waals surface area (Å²) in [6.07, 6.45) is 2.88. The zero-order valence-electron chi connectivity index (χ0n) is 14.9. The first kappa shape index (κ1) is 17.9. The number of benzene rings is 2. The van der Waals surface area contributed by atoms with Gasteiger partial charge in [0.2, 0.25) is 0 Å². The third-order valence-electron chi connectivity index (χ3n) is 4.93. The molecule has 9 heteroatoms. The Morgan fingerprint density at radius 3 is 2.93 bits per heavy atom. The minimum Gasteiger partial charge on any atom is -0.375 e. The highest BCUT2D eigenvalue weighted by Crippen LogP contribution is 2.30. The van der Waals surface area contributed by atoms with Gasteiger partial charge in [0.05, 0.1) is 27.8 Å². The maximum atomic E-state index is 14.1. The van der Waals surface area contributed by atoms with E-state index in [-0.39, 0.29) is 22.9 Å².